The Morgan fingerprint density at radius 1 is 0.900 bits per heavy atom. The van der Waals surface area contributed by atoms with Crippen molar-refractivity contribution in [3.63, 3.8) is 0 Å². The Kier molecular flexibility index (Phi) is 5.85. The number of hydrogen-bond acceptors (Lipinski definition) is 1. The largest absolute Gasteiger partial charge is 0.256 e. The van der Waals surface area contributed by atoms with Gasteiger partial charge in [-0.1, -0.05) is 76.2 Å². The highest BCUT2D eigenvalue weighted by Crippen LogP contribution is 2.43. The lowest BCUT2D eigenvalue weighted by molar-refractivity contribution is 0.628. The number of fused-ring (bicyclic) bond motifs is 3. The fraction of sp³-hybridized carbons (Fsp3) is 0.321. The lowest BCUT2D eigenvalue weighted by Crippen LogP contribution is -2.07. The van der Waals surface area contributed by atoms with E-state index in [4.69, 9.17) is 4.98 Å². The van der Waals surface area contributed by atoms with Crippen molar-refractivity contribution in [3.05, 3.63) is 82.9 Å². The highest BCUT2D eigenvalue weighted by Gasteiger charge is 2.25. The molecule has 0 aliphatic heterocycles. The topological polar surface area (TPSA) is 12.9 Å². The normalized spacial score (nSPS) is 13.6. The van der Waals surface area contributed by atoms with Crippen molar-refractivity contribution in [1.82, 2.24) is 4.98 Å². The minimum atomic E-state index is -0.206. The Morgan fingerprint density at radius 2 is 1.63 bits per heavy atom. The van der Waals surface area contributed by atoms with Crippen molar-refractivity contribution in [3.8, 4) is 22.3 Å². The summed E-state index contributed by atoms with van der Waals surface area (Å²) in [7, 11) is 0. The molecule has 0 fully saturated rings. The molecule has 1 aliphatic carbocycles. The van der Waals surface area contributed by atoms with Crippen LogP contribution in [0.4, 0.5) is 4.39 Å². The first-order valence-electron chi connectivity index (χ1n) is 11.0. The van der Waals surface area contributed by atoms with Gasteiger partial charge in [0.15, 0.2) is 0 Å². The van der Waals surface area contributed by atoms with Crippen molar-refractivity contribution < 1.29 is 4.39 Å². The van der Waals surface area contributed by atoms with Crippen LogP contribution in [0.3, 0.4) is 0 Å². The number of allylic oxidation sites excluding steroid dienone is 1. The Hall–Kier alpha value is -2.74. The SMILES string of the molecule is CC(C)/C=C/c1c(C(C)C)nc2c(c1-c1ccc(F)cc1)-c1ccccc1CCC2. The van der Waals surface area contributed by atoms with Crippen LogP contribution in [0.1, 0.15) is 62.5 Å². The molecule has 0 amide bonds. The Morgan fingerprint density at radius 3 is 2.33 bits per heavy atom. The first-order valence-corrected chi connectivity index (χ1v) is 11.0. The Balaban J connectivity index is 2.13. The van der Waals surface area contributed by atoms with Crippen LogP contribution in [0.15, 0.2) is 54.6 Å². The molecule has 1 heterocycles. The van der Waals surface area contributed by atoms with Crippen LogP contribution in [0.25, 0.3) is 28.3 Å². The second kappa shape index (κ2) is 8.55. The van der Waals surface area contributed by atoms with Gasteiger partial charge < -0.3 is 0 Å². The van der Waals surface area contributed by atoms with Crippen LogP contribution in [0.5, 0.6) is 0 Å². The van der Waals surface area contributed by atoms with E-state index in [2.05, 4.69) is 64.1 Å². The molecule has 0 saturated heterocycles. The van der Waals surface area contributed by atoms with E-state index in [9.17, 15) is 4.39 Å². The summed E-state index contributed by atoms with van der Waals surface area (Å²) >= 11 is 0. The third-order valence-corrected chi connectivity index (χ3v) is 5.81. The molecule has 1 aliphatic rings. The maximum Gasteiger partial charge on any atom is 0.123 e. The van der Waals surface area contributed by atoms with Gasteiger partial charge in [-0.3, -0.25) is 4.98 Å². The molecule has 0 atom stereocenters. The zero-order valence-corrected chi connectivity index (χ0v) is 18.4. The van der Waals surface area contributed by atoms with Gasteiger partial charge in [0.1, 0.15) is 5.82 Å². The Bertz CT molecular complexity index is 1070. The molecular weight excluding hydrogens is 369 g/mol. The summed E-state index contributed by atoms with van der Waals surface area (Å²) < 4.78 is 13.8. The molecule has 2 aromatic carbocycles. The summed E-state index contributed by atoms with van der Waals surface area (Å²) in [5.74, 6) is 0.541. The van der Waals surface area contributed by atoms with Gasteiger partial charge in [0.25, 0.3) is 0 Å². The average molecular weight is 400 g/mol. The molecule has 2 heteroatoms. The average Bonchev–Trinajstić information content (AvgIpc) is 2.91. The predicted octanol–water partition coefficient (Wildman–Crippen LogP) is 7.84. The molecule has 30 heavy (non-hydrogen) atoms. The molecule has 0 spiro atoms. The van der Waals surface area contributed by atoms with E-state index in [1.807, 2.05) is 12.1 Å². The molecule has 3 aromatic rings. The summed E-state index contributed by atoms with van der Waals surface area (Å²) in [6.45, 7) is 8.80. The molecule has 1 nitrogen and oxygen atoms in total. The molecule has 4 rings (SSSR count). The van der Waals surface area contributed by atoms with E-state index in [0.29, 0.717) is 11.8 Å². The van der Waals surface area contributed by atoms with Crippen molar-refractivity contribution in [2.24, 2.45) is 5.92 Å². The molecule has 0 unspecified atom stereocenters. The maximum absolute atomic E-state index is 13.8. The van der Waals surface area contributed by atoms with Gasteiger partial charge in [-0.05, 0) is 59.9 Å². The van der Waals surface area contributed by atoms with Crippen molar-refractivity contribution >= 4 is 6.08 Å². The smallest absolute Gasteiger partial charge is 0.123 e. The van der Waals surface area contributed by atoms with E-state index in [0.717, 1.165) is 30.5 Å². The van der Waals surface area contributed by atoms with E-state index in [1.54, 1.807) is 12.1 Å². The predicted molar refractivity (Wildman–Crippen MR) is 125 cm³/mol. The summed E-state index contributed by atoms with van der Waals surface area (Å²) in [4.78, 5) is 5.23. The molecule has 154 valence electrons. The molecule has 0 radical (unpaired) electrons. The van der Waals surface area contributed by atoms with E-state index in [-0.39, 0.29) is 5.82 Å². The minimum Gasteiger partial charge on any atom is -0.256 e. The monoisotopic (exact) mass is 399 g/mol. The van der Waals surface area contributed by atoms with E-state index < -0.39 is 0 Å². The molecular formula is C28H30FN. The van der Waals surface area contributed by atoms with E-state index in [1.165, 1.54) is 33.5 Å². The van der Waals surface area contributed by atoms with Crippen molar-refractivity contribution in [2.75, 3.05) is 0 Å². The summed E-state index contributed by atoms with van der Waals surface area (Å²) in [5.41, 5.74) is 9.58. The molecule has 0 bridgehead atoms. The number of benzene rings is 2. The van der Waals surface area contributed by atoms with Crippen LogP contribution in [-0.2, 0) is 12.8 Å². The summed E-state index contributed by atoms with van der Waals surface area (Å²) in [6.07, 6.45) is 7.60. The van der Waals surface area contributed by atoms with Gasteiger partial charge in [0.2, 0.25) is 0 Å². The van der Waals surface area contributed by atoms with Gasteiger partial charge >= 0.3 is 0 Å². The summed E-state index contributed by atoms with van der Waals surface area (Å²) in [5, 5.41) is 0. The zero-order valence-electron chi connectivity index (χ0n) is 18.4. The van der Waals surface area contributed by atoms with Crippen LogP contribution in [0, 0.1) is 11.7 Å². The molecule has 0 N–H and O–H groups in total. The number of pyridine rings is 1. The van der Waals surface area contributed by atoms with Crippen LogP contribution in [0.2, 0.25) is 0 Å². The molecule has 0 saturated carbocycles. The summed E-state index contributed by atoms with van der Waals surface area (Å²) in [6, 6.07) is 15.6. The Labute approximate surface area is 179 Å². The van der Waals surface area contributed by atoms with Gasteiger partial charge in [0, 0.05) is 22.4 Å². The quantitative estimate of drug-likeness (QED) is 0.435. The first-order chi connectivity index (χ1) is 14.5. The lowest BCUT2D eigenvalue weighted by Gasteiger charge is -2.22. The highest BCUT2D eigenvalue weighted by molar-refractivity contribution is 5.92. The highest BCUT2D eigenvalue weighted by atomic mass is 19.1. The van der Waals surface area contributed by atoms with Crippen LogP contribution in [-0.4, -0.2) is 4.98 Å². The molecule has 1 aromatic heterocycles. The number of aryl methyl sites for hydroxylation is 2. The number of aromatic nitrogens is 1. The maximum atomic E-state index is 13.8. The van der Waals surface area contributed by atoms with Gasteiger partial charge in [-0.25, -0.2) is 4.39 Å². The van der Waals surface area contributed by atoms with Gasteiger partial charge in [0.05, 0.1) is 5.69 Å². The minimum absolute atomic E-state index is 0.206. The third kappa shape index (κ3) is 3.96. The van der Waals surface area contributed by atoms with E-state index >= 15 is 0 Å². The van der Waals surface area contributed by atoms with Crippen LogP contribution < -0.4 is 0 Å². The number of rotatable bonds is 4. The zero-order chi connectivity index (χ0) is 21.3. The first kappa shape index (κ1) is 20.5. The van der Waals surface area contributed by atoms with Gasteiger partial charge in [-0.2, -0.15) is 0 Å². The standard InChI is InChI=1S/C28H30FN/c1-18(2)12-17-24-26(21-13-15-22(29)16-14-21)27-23-10-6-5-8-20(23)9-7-11-25(27)30-28(24)19(3)4/h5-6,8,10,12-19H,7,9,11H2,1-4H3/b17-12+. The number of nitrogens with zero attached hydrogens (tertiary/aromatic N) is 1. The van der Waals surface area contributed by atoms with Crippen molar-refractivity contribution in [1.29, 1.82) is 0 Å². The fourth-order valence-corrected chi connectivity index (χ4v) is 4.38. The van der Waals surface area contributed by atoms with Gasteiger partial charge in [-0.15, -0.1) is 0 Å². The second-order valence-electron chi connectivity index (χ2n) is 8.88. The number of halogens is 1. The third-order valence-electron chi connectivity index (χ3n) is 5.81. The second-order valence-corrected chi connectivity index (χ2v) is 8.88. The van der Waals surface area contributed by atoms with Crippen molar-refractivity contribution in [2.45, 2.75) is 52.9 Å². The lowest BCUT2D eigenvalue weighted by atomic mass is 9.85. The number of hydrogen-bond donors (Lipinski definition) is 0. The fourth-order valence-electron chi connectivity index (χ4n) is 4.38. The van der Waals surface area contributed by atoms with Crippen LogP contribution >= 0.6 is 0 Å².